The van der Waals surface area contributed by atoms with Crippen molar-refractivity contribution in [2.45, 2.75) is 18.8 Å². The van der Waals surface area contributed by atoms with Gasteiger partial charge in [0.1, 0.15) is 0 Å². The molecular formula is C12H13ClO2S. The van der Waals surface area contributed by atoms with Gasteiger partial charge in [0, 0.05) is 10.7 Å². The number of benzene rings is 1. The van der Waals surface area contributed by atoms with E-state index in [1.54, 1.807) is 0 Å². The molecule has 86 valence electrons. The fraction of sp³-hybridized carbons (Fsp3) is 0.500. The molecule has 1 saturated carbocycles. The van der Waals surface area contributed by atoms with E-state index in [1.807, 2.05) is 6.07 Å². The average Bonchev–Trinajstić information content (AvgIpc) is 2.90. The summed E-state index contributed by atoms with van der Waals surface area (Å²) in [7, 11) is 1.98. The molecule has 0 spiro atoms. The second kappa shape index (κ2) is 3.47. The highest BCUT2D eigenvalue weighted by Crippen LogP contribution is 2.60. The lowest BCUT2D eigenvalue weighted by Crippen LogP contribution is -2.01. The van der Waals surface area contributed by atoms with Crippen molar-refractivity contribution in [3.05, 3.63) is 35.4 Å². The van der Waals surface area contributed by atoms with Gasteiger partial charge in [-0.15, -0.1) is 0 Å². The van der Waals surface area contributed by atoms with Crippen molar-refractivity contribution in [2.24, 2.45) is 11.8 Å². The van der Waals surface area contributed by atoms with Crippen LogP contribution in [0.1, 0.15) is 23.5 Å². The Morgan fingerprint density at radius 1 is 1.31 bits per heavy atom. The quantitative estimate of drug-likeness (QED) is 0.762. The maximum absolute atomic E-state index is 11.1. The zero-order valence-electron chi connectivity index (χ0n) is 8.77. The minimum absolute atomic E-state index is 0.137. The number of hydrogen-bond donors (Lipinski definition) is 0. The van der Waals surface area contributed by atoms with Crippen LogP contribution in [0.2, 0.25) is 0 Å². The summed E-state index contributed by atoms with van der Waals surface area (Å²) in [5.74, 6) is 1.38. The molecule has 0 N–H and O–H groups in total. The summed E-state index contributed by atoms with van der Waals surface area (Å²) in [6, 6.07) is 8.36. The van der Waals surface area contributed by atoms with E-state index in [9.17, 15) is 8.42 Å². The number of hydrogen-bond acceptors (Lipinski definition) is 2. The lowest BCUT2D eigenvalue weighted by Gasteiger charge is -2.13. The molecule has 1 fully saturated rings. The third kappa shape index (κ3) is 1.76. The van der Waals surface area contributed by atoms with Crippen molar-refractivity contribution in [3.63, 3.8) is 0 Å². The monoisotopic (exact) mass is 256 g/mol. The van der Waals surface area contributed by atoms with Crippen molar-refractivity contribution >= 4 is 19.7 Å². The van der Waals surface area contributed by atoms with Gasteiger partial charge < -0.3 is 0 Å². The van der Waals surface area contributed by atoms with Crippen LogP contribution < -0.4 is 0 Å². The Balaban J connectivity index is 1.88. The first kappa shape index (κ1) is 10.6. The van der Waals surface area contributed by atoms with Crippen molar-refractivity contribution in [1.82, 2.24) is 0 Å². The predicted octanol–water partition coefficient (Wildman–Crippen LogP) is 2.53. The van der Waals surface area contributed by atoms with E-state index < -0.39 is 9.05 Å². The van der Waals surface area contributed by atoms with Crippen LogP contribution in [0.15, 0.2) is 24.3 Å². The third-order valence-corrected chi connectivity index (χ3v) is 5.05. The number of fused-ring (bicyclic) bond motifs is 3. The Kier molecular flexibility index (Phi) is 2.30. The molecule has 2 aliphatic rings. The predicted molar refractivity (Wildman–Crippen MR) is 64.1 cm³/mol. The summed E-state index contributed by atoms with van der Waals surface area (Å²) in [4.78, 5) is 0. The van der Waals surface area contributed by atoms with Crippen LogP contribution in [0.5, 0.6) is 0 Å². The van der Waals surface area contributed by atoms with Crippen LogP contribution in [0.25, 0.3) is 0 Å². The van der Waals surface area contributed by atoms with Gasteiger partial charge in [0.05, 0.1) is 5.75 Å². The van der Waals surface area contributed by atoms with Gasteiger partial charge in [-0.25, -0.2) is 8.42 Å². The van der Waals surface area contributed by atoms with Gasteiger partial charge in [-0.2, -0.15) is 0 Å². The minimum Gasteiger partial charge on any atom is -0.212 e. The van der Waals surface area contributed by atoms with Crippen LogP contribution >= 0.6 is 10.7 Å². The Morgan fingerprint density at radius 3 is 2.81 bits per heavy atom. The first-order valence-corrected chi connectivity index (χ1v) is 8.04. The second-order valence-electron chi connectivity index (χ2n) is 4.80. The SMILES string of the molecule is O=S(=O)(Cl)CC1C2CCc3ccccc3C21. The molecule has 0 aromatic heterocycles. The first-order chi connectivity index (χ1) is 7.56. The summed E-state index contributed by atoms with van der Waals surface area (Å²) in [5, 5.41) is 0. The van der Waals surface area contributed by atoms with E-state index in [4.69, 9.17) is 10.7 Å². The lowest BCUT2D eigenvalue weighted by atomic mass is 9.92. The minimum atomic E-state index is -3.35. The van der Waals surface area contributed by atoms with Crippen molar-refractivity contribution in [1.29, 1.82) is 0 Å². The molecule has 1 aromatic carbocycles. The molecule has 0 amide bonds. The van der Waals surface area contributed by atoms with Crippen molar-refractivity contribution in [3.8, 4) is 0 Å². The fourth-order valence-electron chi connectivity index (χ4n) is 3.17. The normalized spacial score (nSPS) is 31.7. The molecular weight excluding hydrogens is 244 g/mol. The molecule has 2 aliphatic carbocycles. The van der Waals surface area contributed by atoms with E-state index in [0.29, 0.717) is 11.8 Å². The Hall–Kier alpha value is -0.540. The van der Waals surface area contributed by atoms with Gasteiger partial charge in [0.2, 0.25) is 9.05 Å². The highest BCUT2D eigenvalue weighted by molar-refractivity contribution is 8.13. The summed E-state index contributed by atoms with van der Waals surface area (Å²) in [6.45, 7) is 0. The first-order valence-electron chi connectivity index (χ1n) is 5.56. The standard InChI is InChI=1S/C12H13ClO2S/c13-16(14,15)7-11-10-6-5-8-3-1-2-4-9(8)12(10)11/h1-4,10-12H,5-7H2. The zero-order chi connectivity index (χ0) is 11.3. The molecule has 3 rings (SSSR count). The highest BCUT2D eigenvalue weighted by Gasteiger charge is 2.54. The number of rotatable bonds is 2. The molecule has 2 nitrogen and oxygen atoms in total. The summed E-state index contributed by atoms with van der Waals surface area (Å²) < 4.78 is 22.2. The van der Waals surface area contributed by atoms with Crippen LogP contribution in [-0.2, 0) is 15.5 Å². The van der Waals surface area contributed by atoms with Crippen LogP contribution in [0, 0.1) is 11.8 Å². The van der Waals surface area contributed by atoms with E-state index in [-0.39, 0.29) is 11.7 Å². The summed E-state index contributed by atoms with van der Waals surface area (Å²) in [5.41, 5.74) is 2.74. The zero-order valence-corrected chi connectivity index (χ0v) is 10.3. The molecule has 0 heterocycles. The molecule has 1 aromatic rings. The molecule has 0 radical (unpaired) electrons. The topological polar surface area (TPSA) is 34.1 Å². The number of aryl methyl sites for hydroxylation is 1. The molecule has 3 atom stereocenters. The highest BCUT2D eigenvalue weighted by atomic mass is 35.7. The average molecular weight is 257 g/mol. The Bertz CT molecular complexity index is 524. The molecule has 3 unspecified atom stereocenters. The largest absolute Gasteiger partial charge is 0.232 e. The third-order valence-electron chi connectivity index (χ3n) is 3.88. The van der Waals surface area contributed by atoms with Gasteiger partial charge in [-0.1, -0.05) is 24.3 Å². The van der Waals surface area contributed by atoms with Crippen molar-refractivity contribution in [2.75, 3.05) is 5.75 Å². The molecule has 0 saturated heterocycles. The van der Waals surface area contributed by atoms with Crippen LogP contribution in [0.3, 0.4) is 0 Å². The Labute approximate surface area is 100 Å². The summed E-state index contributed by atoms with van der Waals surface area (Å²) in [6.07, 6.45) is 2.19. The molecule has 0 aliphatic heterocycles. The van der Waals surface area contributed by atoms with E-state index in [2.05, 4.69) is 18.2 Å². The maximum atomic E-state index is 11.1. The van der Waals surface area contributed by atoms with Gasteiger partial charge in [0.25, 0.3) is 0 Å². The molecule has 0 bridgehead atoms. The van der Waals surface area contributed by atoms with Crippen LogP contribution in [0.4, 0.5) is 0 Å². The van der Waals surface area contributed by atoms with Gasteiger partial charge in [-0.05, 0) is 41.7 Å². The molecule has 16 heavy (non-hydrogen) atoms. The van der Waals surface area contributed by atoms with Gasteiger partial charge in [-0.3, -0.25) is 0 Å². The maximum Gasteiger partial charge on any atom is 0.232 e. The lowest BCUT2D eigenvalue weighted by molar-refractivity contribution is 0.599. The fourth-order valence-corrected chi connectivity index (χ4v) is 4.52. The Morgan fingerprint density at radius 2 is 2.06 bits per heavy atom. The smallest absolute Gasteiger partial charge is 0.212 e. The van der Waals surface area contributed by atoms with Crippen molar-refractivity contribution < 1.29 is 8.42 Å². The van der Waals surface area contributed by atoms with E-state index in [0.717, 1.165) is 12.8 Å². The van der Waals surface area contributed by atoms with Gasteiger partial charge in [0.15, 0.2) is 0 Å². The van der Waals surface area contributed by atoms with E-state index in [1.165, 1.54) is 11.1 Å². The van der Waals surface area contributed by atoms with E-state index >= 15 is 0 Å². The second-order valence-corrected chi connectivity index (χ2v) is 7.62. The molecule has 4 heteroatoms. The number of halogens is 1. The summed E-state index contributed by atoms with van der Waals surface area (Å²) >= 11 is 0. The van der Waals surface area contributed by atoms with Crippen LogP contribution in [-0.4, -0.2) is 14.2 Å². The van der Waals surface area contributed by atoms with Gasteiger partial charge >= 0.3 is 0 Å².